The number of hydrogen-bond acceptors (Lipinski definition) is 4. The van der Waals surface area contributed by atoms with Gasteiger partial charge in [0.25, 0.3) is 5.91 Å². The number of hydrogen-bond donors (Lipinski definition) is 1. The lowest BCUT2D eigenvalue weighted by Crippen LogP contribution is -2.36. The normalized spacial score (nSPS) is 22.1. The van der Waals surface area contributed by atoms with Gasteiger partial charge in [0, 0.05) is 6.04 Å². The fourth-order valence-corrected chi connectivity index (χ4v) is 4.49. The third kappa shape index (κ3) is 3.48. The molecule has 1 saturated heterocycles. The number of fused-ring (bicyclic) bond motifs is 1. The molecule has 27 heavy (non-hydrogen) atoms. The Bertz CT molecular complexity index is 812. The first-order valence-corrected chi connectivity index (χ1v) is 9.84. The molecular weight excluding hydrogens is 362 g/mol. The number of aromatic nitrogens is 3. The molecule has 5 rings (SSSR count). The van der Waals surface area contributed by atoms with Gasteiger partial charge in [-0.2, -0.15) is 0 Å². The maximum Gasteiger partial charge on any atom is 0.276 e. The molecule has 1 aromatic heterocycles. The summed E-state index contributed by atoms with van der Waals surface area (Å²) < 4.78 is 1.90. The first-order chi connectivity index (χ1) is 12.8. The van der Waals surface area contributed by atoms with Crippen molar-refractivity contribution >= 4 is 18.3 Å². The van der Waals surface area contributed by atoms with E-state index in [0.29, 0.717) is 17.8 Å². The highest BCUT2D eigenvalue weighted by molar-refractivity contribution is 5.92. The second-order valence-electron chi connectivity index (χ2n) is 7.76. The Labute approximate surface area is 165 Å². The van der Waals surface area contributed by atoms with Gasteiger partial charge in [-0.05, 0) is 62.7 Å². The molecule has 1 atom stereocenters. The van der Waals surface area contributed by atoms with Gasteiger partial charge < -0.3 is 10.2 Å². The number of benzene rings is 1. The standard InChI is InChI=1S/C20H25N5O.ClH/c26-20(18-13-24(23-22-18)15-9-11-21-12-10-15)25(16-6-7-16)19-8-5-14-3-1-2-4-17(14)19;/h1-4,13,15-16,19,21H,5-12H2;1H. The first-order valence-electron chi connectivity index (χ1n) is 9.84. The van der Waals surface area contributed by atoms with Crippen molar-refractivity contribution in [1.29, 1.82) is 0 Å². The van der Waals surface area contributed by atoms with Gasteiger partial charge in [0.15, 0.2) is 5.69 Å². The molecule has 0 bridgehead atoms. The highest BCUT2D eigenvalue weighted by Gasteiger charge is 2.41. The second kappa shape index (κ2) is 7.60. The van der Waals surface area contributed by atoms with Gasteiger partial charge in [0.2, 0.25) is 0 Å². The molecule has 6 nitrogen and oxygen atoms in total. The topological polar surface area (TPSA) is 63.1 Å². The zero-order chi connectivity index (χ0) is 17.5. The van der Waals surface area contributed by atoms with Crippen molar-refractivity contribution in [3.8, 4) is 0 Å². The fraction of sp³-hybridized carbons (Fsp3) is 0.550. The number of carbonyl (C=O) groups is 1. The minimum absolute atomic E-state index is 0. The van der Waals surface area contributed by atoms with Crippen LogP contribution in [0.4, 0.5) is 0 Å². The maximum atomic E-state index is 13.3. The van der Waals surface area contributed by atoms with Gasteiger partial charge in [0.05, 0.1) is 18.3 Å². The minimum atomic E-state index is 0. The number of piperidine rings is 1. The van der Waals surface area contributed by atoms with Crippen LogP contribution in [0.1, 0.15) is 65.8 Å². The predicted octanol–water partition coefficient (Wildman–Crippen LogP) is 2.92. The zero-order valence-electron chi connectivity index (χ0n) is 15.4. The van der Waals surface area contributed by atoms with Crippen LogP contribution in [0.15, 0.2) is 30.5 Å². The molecule has 1 aromatic carbocycles. The molecule has 2 aliphatic carbocycles. The van der Waals surface area contributed by atoms with Crippen LogP contribution in [0.2, 0.25) is 0 Å². The molecule has 1 amide bonds. The summed E-state index contributed by atoms with van der Waals surface area (Å²) in [5.74, 6) is 0.0504. The molecule has 1 unspecified atom stereocenters. The van der Waals surface area contributed by atoms with Crippen LogP contribution in [-0.4, -0.2) is 44.9 Å². The number of rotatable bonds is 4. The number of amides is 1. The molecule has 1 N–H and O–H groups in total. The van der Waals surface area contributed by atoms with Crippen LogP contribution in [0.5, 0.6) is 0 Å². The van der Waals surface area contributed by atoms with Crippen LogP contribution in [-0.2, 0) is 6.42 Å². The third-order valence-electron chi connectivity index (χ3n) is 6.02. The maximum absolute atomic E-state index is 13.3. The third-order valence-corrected chi connectivity index (χ3v) is 6.02. The number of aryl methyl sites for hydroxylation is 1. The van der Waals surface area contributed by atoms with Gasteiger partial charge in [0.1, 0.15) is 0 Å². The van der Waals surface area contributed by atoms with Crippen molar-refractivity contribution in [2.75, 3.05) is 13.1 Å². The molecule has 7 heteroatoms. The number of carbonyl (C=O) groups excluding carboxylic acids is 1. The molecule has 144 valence electrons. The van der Waals surface area contributed by atoms with E-state index in [0.717, 1.165) is 51.6 Å². The van der Waals surface area contributed by atoms with Crippen LogP contribution < -0.4 is 5.32 Å². The quantitative estimate of drug-likeness (QED) is 0.876. The summed E-state index contributed by atoms with van der Waals surface area (Å²) in [4.78, 5) is 15.4. The zero-order valence-corrected chi connectivity index (χ0v) is 16.2. The molecule has 1 aliphatic heterocycles. The molecule has 2 heterocycles. The average molecular weight is 388 g/mol. The predicted molar refractivity (Wildman–Crippen MR) is 105 cm³/mol. The molecule has 2 aromatic rings. The lowest BCUT2D eigenvalue weighted by Gasteiger charge is -2.29. The van der Waals surface area contributed by atoms with E-state index in [4.69, 9.17) is 0 Å². The van der Waals surface area contributed by atoms with Gasteiger partial charge >= 0.3 is 0 Å². The Balaban J connectivity index is 0.00000180. The summed E-state index contributed by atoms with van der Waals surface area (Å²) in [6, 6.07) is 9.46. The van der Waals surface area contributed by atoms with Gasteiger partial charge in [-0.1, -0.05) is 29.5 Å². The Morgan fingerprint density at radius 2 is 1.89 bits per heavy atom. The van der Waals surface area contributed by atoms with Crippen LogP contribution in [0.3, 0.4) is 0 Å². The van der Waals surface area contributed by atoms with Crippen LogP contribution >= 0.6 is 12.4 Å². The Morgan fingerprint density at radius 1 is 1.11 bits per heavy atom. The number of nitrogens with zero attached hydrogens (tertiary/aromatic N) is 4. The summed E-state index contributed by atoms with van der Waals surface area (Å²) in [5, 5.41) is 11.9. The second-order valence-corrected chi connectivity index (χ2v) is 7.76. The minimum Gasteiger partial charge on any atom is -0.327 e. The largest absolute Gasteiger partial charge is 0.327 e. The molecule has 0 spiro atoms. The Hall–Kier alpha value is -1.92. The number of halogens is 1. The van der Waals surface area contributed by atoms with E-state index in [1.54, 1.807) is 0 Å². The molecule has 1 saturated carbocycles. The average Bonchev–Trinajstić information content (AvgIpc) is 3.24. The van der Waals surface area contributed by atoms with Gasteiger partial charge in [-0.15, -0.1) is 17.5 Å². The van der Waals surface area contributed by atoms with Gasteiger partial charge in [-0.3, -0.25) is 4.79 Å². The summed E-state index contributed by atoms with van der Waals surface area (Å²) in [5.41, 5.74) is 3.20. The Kier molecular flexibility index (Phi) is 5.19. The van der Waals surface area contributed by atoms with E-state index in [9.17, 15) is 4.79 Å². The SMILES string of the molecule is Cl.O=C(c1cn(C2CCNCC2)nn1)N(C1CC1)C1CCc2ccccc21. The molecule has 2 fully saturated rings. The van der Waals surface area contributed by atoms with Crippen LogP contribution in [0.25, 0.3) is 0 Å². The number of nitrogens with one attached hydrogen (secondary N) is 1. The Morgan fingerprint density at radius 3 is 2.67 bits per heavy atom. The smallest absolute Gasteiger partial charge is 0.276 e. The van der Waals surface area contributed by atoms with Crippen molar-refractivity contribution in [2.45, 2.75) is 56.7 Å². The van der Waals surface area contributed by atoms with E-state index >= 15 is 0 Å². The lowest BCUT2D eigenvalue weighted by molar-refractivity contribution is 0.0652. The summed E-state index contributed by atoms with van der Waals surface area (Å²) in [7, 11) is 0. The monoisotopic (exact) mass is 387 g/mol. The first kappa shape index (κ1) is 18.4. The summed E-state index contributed by atoms with van der Waals surface area (Å²) >= 11 is 0. The van der Waals surface area contributed by atoms with E-state index in [-0.39, 0.29) is 24.4 Å². The van der Waals surface area contributed by atoms with Crippen LogP contribution in [0, 0.1) is 0 Å². The molecule has 3 aliphatic rings. The van der Waals surface area contributed by atoms with Crippen molar-refractivity contribution in [3.63, 3.8) is 0 Å². The fourth-order valence-electron chi connectivity index (χ4n) is 4.49. The lowest BCUT2D eigenvalue weighted by atomic mass is 10.1. The van der Waals surface area contributed by atoms with Crippen molar-refractivity contribution in [3.05, 3.63) is 47.3 Å². The van der Waals surface area contributed by atoms with Crippen molar-refractivity contribution < 1.29 is 4.79 Å². The highest BCUT2D eigenvalue weighted by Crippen LogP contribution is 2.42. The van der Waals surface area contributed by atoms with Crippen molar-refractivity contribution in [1.82, 2.24) is 25.2 Å². The van der Waals surface area contributed by atoms with E-state index in [1.807, 2.05) is 10.9 Å². The van der Waals surface area contributed by atoms with E-state index in [2.05, 4.69) is 44.8 Å². The molecular formula is C20H26ClN5O. The summed E-state index contributed by atoms with van der Waals surface area (Å²) in [6.07, 6.45) is 8.23. The van der Waals surface area contributed by atoms with E-state index < -0.39 is 0 Å². The van der Waals surface area contributed by atoms with Gasteiger partial charge in [-0.25, -0.2) is 4.68 Å². The summed E-state index contributed by atoms with van der Waals surface area (Å²) in [6.45, 7) is 2.00. The van der Waals surface area contributed by atoms with E-state index in [1.165, 1.54) is 11.1 Å². The van der Waals surface area contributed by atoms with Crippen molar-refractivity contribution in [2.24, 2.45) is 0 Å². The highest BCUT2D eigenvalue weighted by atomic mass is 35.5. The molecule has 0 radical (unpaired) electrons.